The zero-order valence-electron chi connectivity index (χ0n) is 8.81. The van der Waals surface area contributed by atoms with Crippen molar-refractivity contribution in [1.29, 1.82) is 0 Å². The Kier molecular flexibility index (Phi) is 3.00. The second-order valence-electron chi connectivity index (χ2n) is 4.31. The third-order valence-corrected chi connectivity index (χ3v) is 3.03. The first-order valence-corrected chi connectivity index (χ1v) is 4.60. The van der Waals surface area contributed by atoms with Crippen LogP contribution in [-0.4, -0.2) is 31.3 Å². The van der Waals surface area contributed by atoms with E-state index in [0.29, 0.717) is 6.42 Å². The van der Waals surface area contributed by atoms with Gasteiger partial charge in [-0.25, -0.2) is 0 Å². The third kappa shape index (κ3) is 2.25. The van der Waals surface area contributed by atoms with Crippen LogP contribution in [-0.2, 0) is 9.53 Å². The van der Waals surface area contributed by atoms with Gasteiger partial charge in [-0.3, -0.25) is 4.79 Å². The molecule has 2 unspecified atom stereocenters. The molecule has 1 fully saturated rings. The largest absolute Gasteiger partial charge is 0.471 e. The lowest BCUT2D eigenvalue weighted by Crippen LogP contribution is -2.63. The van der Waals surface area contributed by atoms with E-state index in [9.17, 15) is 18.0 Å². The molecule has 0 aromatic heterocycles. The lowest BCUT2D eigenvalue weighted by atomic mass is 9.64. The van der Waals surface area contributed by atoms with Crippen molar-refractivity contribution in [2.45, 2.75) is 38.6 Å². The molecule has 15 heavy (non-hydrogen) atoms. The van der Waals surface area contributed by atoms with Gasteiger partial charge in [0.1, 0.15) is 0 Å². The summed E-state index contributed by atoms with van der Waals surface area (Å²) in [5.74, 6) is -1.88. The van der Waals surface area contributed by atoms with E-state index in [4.69, 9.17) is 4.74 Å². The highest BCUT2D eigenvalue weighted by atomic mass is 19.4. The molecule has 0 radical (unpaired) electrons. The lowest BCUT2D eigenvalue weighted by Gasteiger charge is -2.51. The molecule has 1 saturated carbocycles. The molecule has 0 aromatic rings. The van der Waals surface area contributed by atoms with E-state index < -0.39 is 23.5 Å². The third-order valence-electron chi connectivity index (χ3n) is 3.03. The molecule has 0 aliphatic heterocycles. The number of hydrogen-bond donors (Lipinski definition) is 1. The van der Waals surface area contributed by atoms with Crippen LogP contribution < -0.4 is 5.32 Å². The van der Waals surface area contributed by atoms with Crippen LogP contribution in [0.2, 0.25) is 0 Å². The van der Waals surface area contributed by atoms with Crippen molar-refractivity contribution >= 4 is 5.91 Å². The lowest BCUT2D eigenvalue weighted by molar-refractivity contribution is -0.180. The van der Waals surface area contributed by atoms with Crippen molar-refractivity contribution in [3.63, 3.8) is 0 Å². The highest BCUT2D eigenvalue weighted by molar-refractivity contribution is 5.82. The van der Waals surface area contributed by atoms with E-state index in [2.05, 4.69) is 0 Å². The van der Waals surface area contributed by atoms with E-state index in [-0.39, 0.29) is 6.10 Å². The SMILES string of the molecule is COC1CC(NC(=O)C(F)(F)F)C1(C)C. The fraction of sp³-hybridized carbons (Fsp3) is 0.889. The second-order valence-corrected chi connectivity index (χ2v) is 4.31. The zero-order chi connectivity index (χ0) is 11.9. The molecule has 6 heteroatoms. The topological polar surface area (TPSA) is 38.3 Å². The Bertz CT molecular complexity index is 263. The summed E-state index contributed by atoms with van der Waals surface area (Å²) in [7, 11) is 1.51. The molecular formula is C9H14F3NO2. The van der Waals surface area contributed by atoms with Gasteiger partial charge in [0, 0.05) is 18.6 Å². The first-order chi connectivity index (χ1) is 6.69. The first kappa shape index (κ1) is 12.3. The van der Waals surface area contributed by atoms with E-state index in [1.54, 1.807) is 13.8 Å². The van der Waals surface area contributed by atoms with Gasteiger partial charge in [0.15, 0.2) is 0 Å². The van der Waals surface area contributed by atoms with Gasteiger partial charge in [0.2, 0.25) is 0 Å². The molecule has 1 amide bonds. The van der Waals surface area contributed by atoms with Gasteiger partial charge in [0.25, 0.3) is 0 Å². The predicted octanol–water partition coefficient (Wildman–Crippen LogP) is 1.48. The Morgan fingerprint density at radius 3 is 2.33 bits per heavy atom. The summed E-state index contributed by atoms with van der Waals surface area (Å²) in [5.41, 5.74) is -0.449. The van der Waals surface area contributed by atoms with E-state index in [1.165, 1.54) is 7.11 Å². The fourth-order valence-electron chi connectivity index (χ4n) is 1.77. The quantitative estimate of drug-likeness (QED) is 0.773. The molecule has 2 atom stereocenters. The summed E-state index contributed by atoms with van der Waals surface area (Å²) in [6.45, 7) is 3.54. The van der Waals surface area contributed by atoms with Gasteiger partial charge in [-0.15, -0.1) is 0 Å². The number of rotatable bonds is 2. The number of carbonyl (C=O) groups is 1. The van der Waals surface area contributed by atoms with Crippen molar-refractivity contribution in [3.05, 3.63) is 0 Å². The van der Waals surface area contributed by atoms with Crippen LogP contribution in [0.1, 0.15) is 20.3 Å². The summed E-state index contributed by atoms with van der Waals surface area (Å²) in [4.78, 5) is 10.7. The van der Waals surface area contributed by atoms with Gasteiger partial charge in [-0.1, -0.05) is 13.8 Å². The van der Waals surface area contributed by atoms with Crippen LogP contribution in [0.5, 0.6) is 0 Å². The number of carbonyl (C=O) groups excluding carboxylic acids is 1. The standard InChI is InChI=1S/C9H14F3NO2/c1-8(2)5(4-6(8)15-3)13-7(14)9(10,11)12/h5-6H,4H2,1-3H3,(H,13,14). The number of ether oxygens (including phenoxy) is 1. The normalized spacial score (nSPS) is 29.5. The molecule has 1 N–H and O–H groups in total. The Balaban J connectivity index is 2.53. The number of amides is 1. The minimum Gasteiger partial charge on any atom is -0.381 e. The van der Waals surface area contributed by atoms with Crippen LogP contribution in [0.15, 0.2) is 0 Å². The van der Waals surface area contributed by atoms with E-state index >= 15 is 0 Å². The maximum absolute atomic E-state index is 12.0. The maximum Gasteiger partial charge on any atom is 0.471 e. The number of alkyl halides is 3. The Morgan fingerprint density at radius 2 is 2.00 bits per heavy atom. The zero-order valence-corrected chi connectivity index (χ0v) is 8.81. The van der Waals surface area contributed by atoms with Crippen LogP contribution in [0.4, 0.5) is 13.2 Å². The van der Waals surface area contributed by atoms with Crippen LogP contribution >= 0.6 is 0 Å². The molecule has 1 aliphatic rings. The number of halogens is 3. The van der Waals surface area contributed by atoms with Gasteiger partial charge in [-0.2, -0.15) is 13.2 Å². The highest BCUT2D eigenvalue weighted by Crippen LogP contribution is 2.42. The van der Waals surface area contributed by atoms with Crippen LogP contribution in [0.25, 0.3) is 0 Å². The van der Waals surface area contributed by atoms with Crippen LogP contribution in [0.3, 0.4) is 0 Å². The van der Waals surface area contributed by atoms with Gasteiger partial charge in [-0.05, 0) is 6.42 Å². The maximum atomic E-state index is 12.0. The van der Waals surface area contributed by atoms with Crippen LogP contribution in [0, 0.1) is 5.41 Å². The highest BCUT2D eigenvalue weighted by Gasteiger charge is 2.51. The van der Waals surface area contributed by atoms with Crippen molar-refractivity contribution in [2.75, 3.05) is 7.11 Å². The summed E-state index contributed by atoms with van der Waals surface area (Å²) in [6, 6.07) is -0.475. The smallest absolute Gasteiger partial charge is 0.381 e. The molecular weight excluding hydrogens is 211 g/mol. The van der Waals surface area contributed by atoms with Crippen molar-refractivity contribution < 1.29 is 22.7 Å². The van der Waals surface area contributed by atoms with Gasteiger partial charge >= 0.3 is 12.1 Å². The van der Waals surface area contributed by atoms with Crippen molar-refractivity contribution in [3.8, 4) is 0 Å². The summed E-state index contributed by atoms with van der Waals surface area (Å²) in [6.07, 6.45) is -4.49. The average molecular weight is 225 g/mol. The Labute approximate surface area is 86.0 Å². The molecule has 3 nitrogen and oxygen atoms in total. The molecule has 88 valence electrons. The Hall–Kier alpha value is -0.780. The number of nitrogens with one attached hydrogen (secondary N) is 1. The van der Waals surface area contributed by atoms with E-state index in [0.717, 1.165) is 0 Å². The average Bonchev–Trinajstić information content (AvgIpc) is 2.09. The summed E-state index contributed by atoms with van der Waals surface area (Å²) < 4.78 is 40.9. The molecule has 0 aromatic carbocycles. The molecule has 0 heterocycles. The summed E-state index contributed by atoms with van der Waals surface area (Å²) in [5, 5.41) is 1.97. The van der Waals surface area contributed by atoms with Gasteiger partial charge < -0.3 is 10.1 Å². The fourth-order valence-corrected chi connectivity index (χ4v) is 1.77. The number of methoxy groups -OCH3 is 1. The number of hydrogen-bond acceptors (Lipinski definition) is 2. The molecule has 1 aliphatic carbocycles. The van der Waals surface area contributed by atoms with E-state index in [1.807, 2.05) is 5.32 Å². The van der Waals surface area contributed by atoms with Crippen molar-refractivity contribution in [1.82, 2.24) is 5.32 Å². The minimum absolute atomic E-state index is 0.101. The molecule has 0 spiro atoms. The summed E-state index contributed by atoms with van der Waals surface area (Å²) >= 11 is 0. The minimum atomic E-state index is -4.81. The van der Waals surface area contributed by atoms with Crippen molar-refractivity contribution in [2.24, 2.45) is 5.41 Å². The second kappa shape index (κ2) is 3.66. The molecule has 0 saturated heterocycles. The Morgan fingerprint density at radius 1 is 1.47 bits per heavy atom. The molecule has 1 rings (SSSR count). The first-order valence-electron chi connectivity index (χ1n) is 4.60. The predicted molar refractivity (Wildman–Crippen MR) is 47.2 cm³/mol. The monoisotopic (exact) mass is 225 g/mol. The molecule has 0 bridgehead atoms. The van der Waals surface area contributed by atoms with Gasteiger partial charge in [0.05, 0.1) is 6.10 Å².